The van der Waals surface area contributed by atoms with E-state index in [1.807, 2.05) is 12.4 Å². The van der Waals surface area contributed by atoms with Crippen LogP contribution in [0.1, 0.15) is 43.3 Å². The Balaban J connectivity index is 1.65. The molecule has 136 valence electrons. The molecule has 1 aromatic carbocycles. The van der Waals surface area contributed by atoms with Crippen LogP contribution >= 0.6 is 0 Å². The minimum absolute atomic E-state index is 0.370. The number of benzene rings is 1. The smallest absolute Gasteiger partial charge is 0.137 e. The normalized spacial score (nSPS) is 17.3. The van der Waals surface area contributed by atoms with Gasteiger partial charge < -0.3 is 13.8 Å². The lowest BCUT2D eigenvalue weighted by Gasteiger charge is -2.14. The Morgan fingerprint density at radius 3 is 2.81 bits per heavy atom. The van der Waals surface area contributed by atoms with Gasteiger partial charge in [0, 0.05) is 30.6 Å². The van der Waals surface area contributed by atoms with Crippen molar-refractivity contribution >= 4 is 0 Å². The number of nitrogens with zero attached hydrogens (tertiary/aromatic N) is 3. The van der Waals surface area contributed by atoms with Gasteiger partial charge in [0.25, 0.3) is 0 Å². The van der Waals surface area contributed by atoms with Crippen LogP contribution in [0.15, 0.2) is 47.2 Å². The second-order valence-electron chi connectivity index (χ2n) is 7.42. The molecule has 1 aliphatic heterocycles. The fourth-order valence-corrected chi connectivity index (χ4v) is 3.62. The van der Waals surface area contributed by atoms with Crippen LogP contribution in [-0.4, -0.2) is 27.9 Å². The van der Waals surface area contributed by atoms with Crippen molar-refractivity contribution < 1.29 is 9.26 Å². The van der Waals surface area contributed by atoms with Gasteiger partial charge in [-0.15, -0.1) is 0 Å². The van der Waals surface area contributed by atoms with E-state index < -0.39 is 0 Å². The van der Waals surface area contributed by atoms with Gasteiger partial charge in [0.15, 0.2) is 0 Å². The molecule has 0 aliphatic carbocycles. The fraction of sp³-hybridized carbons (Fsp3) is 0.429. The van der Waals surface area contributed by atoms with Crippen LogP contribution in [0.25, 0.3) is 11.3 Å². The van der Waals surface area contributed by atoms with Crippen LogP contribution in [0.5, 0.6) is 0 Å². The highest BCUT2D eigenvalue weighted by atomic mass is 16.5. The van der Waals surface area contributed by atoms with E-state index in [0.717, 1.165) is 48.8 Å². The molecule has 0 bridgehead atoms. The summed E-state index contributed by atoms with van der Waals surface area (Å²) in [4.78, 5) is 4.73. The van der Waals surface area contributed by atoms with E-state index in [4.69, 9.17) is 14.2 Å². The predicted octanol–water partition coefficient (Wildman–Crippen LogP) is 4.29. The van der Waals surface area contributed by atoms with E-state index in [-0.39, 0.29) is 0 Å². The predicted molar refractivity (Wildman–Crippen MR) is 100.0 cm³/mol. The summed E-state index contributed by atoms with van der Waals surface area (Å²) in [6.07, 6.45) is 3.87. The van der Waals surface area contributed by atoms with Gasteiger partial charge in [-0.2, -0.15) is 0 Å². The minimum atomic E-state index is 0.370. The minimum Gasteiger partial charge on any atom is -0.381 e. The zero-order chi connectivity index (χ0) is 17.9. The standard InChI is InChI=1S/C21H25N3O2/c1-15(2)10-19-11-18(23-26-19)12-24-14-22-20(16-6-4-3-5-7-16)21(24)17-8-9-25-13-17/h3-7,11,14-15,17H,8-10,12-13H2,1-2H3/t17-/m0/s1. The molecule has 26 heavy (non-hydrogen) atoms. The van der Waals surface area contributed by atoms with Gasteiger partial charge in [0.2, 0.25) is 0 Å². The number of hydrogen-bond donors (Lipinski definition) is 0. The largest absolute Gasteiger partial charge is 0.381 e. The molecule has 3 heterocycles. The third-order valence-corrected chi connectivity index (χ3v) is 4.79. The summed E-state index contributed by atoms with van der Waals surface area (Å²) < 4.78 is 13.4. The summed E-state index contributed by atoms with van der Waals surface area (Å²) in [5, 5.41) is 4.26. The maximum Gasteiger partial charge on any atom is 0.137 e. The Hall–Kier alpha value is -2.40. The second kappa shape index (κ2) is 7.46. The number of rotatable bonds is 6. The lowest BCUT2D eigenvalue weighted by Crippen LogP contribution is -2.10. The Morgan fingerprint density at radius 2 is 2.08 bits per heavy atom. The molecule has 2 aromatic heterocycles. The topological polar surface area (TPSA) is 53.1 Å². The first-order chi connectivity index (χ1) is 12.7. The maximum atomic E-state index is 5.65. The average molecular weight is 351 g/mol. The number of aromatic nitrogens is 3. The van der Waals surface area contributed by atoms with Gasteiger partial charge in [-0.25, -0.2) is 4.98 Å². The molecule has 0 N–H and O–H groups in total. The van der Waals surface area contributed by atoms with Gasteiger partial charge in [0.05, 0.1) is 30.9 Å². The Morgan fingerprint density at radius 1 is 1.23 bits per heavy atom. The van der Waals surface area contributed by atoms with Crippen molar-refractivity contribution in [1.82, 2.24) is 14.7 Å². The third-order valence-electron chi connectivity index (χ3n) is 4.79. The zero-order valence-electron chi connectivity index (χ0n) is 15.4. The van der Waals surface area contributed by atoms with Crippen LogP contribution in [0.3, 0.4) is 0 Å². The van der Waals surface area contributed by atoms with Crippen LogP contribution in [0.2, 0.25) is 0 Å². The van der Waals surface area contributed by atoms with Crippen molar-refractivity contribution in [2.24, 2.45) is 5.92 Å². The Bertz CT molecular complexity index is 845. The molecule has 0 amide bonds. The SMILES string of the molecule is CC(C)Cc1cc(Cn2cnc(-c3ccccc3)c2[C@H]2CCOC2)no1. The van der Waals surface area contributed by atoms with Gasteiger partial charge >= 0.3 is 0 Å². The van der Waals surface area contributed by atoms with Gasteiger partial charge in [-0.05, 0) is 12.3 Å². The van der Waals surface area contributed by atoms with E-state index in [1.54, 1.807) is 0 Å². The van der Waals surface area contributed by atoms with E-state index in [2.05, 4.69) is 53.9 Å². The van der Waals surface area contributed by atoms with Crippen LogP contribution < -0.4 is 0 Å². The van der Waals surface area contributed by atoms with Gasteiger partial charge in [0.1, 0.15) is 11.5 Å². The summed E-state index contributed by atoms with van der Waals surface area (Å²) in [6, 6.07) is 12.4. The molecule has 0 saturated carbocycles. The van der Waals surface area contributed by atoms with E-state index in [1.165, 1.54) is 5.69 Å². The maximum absolute atomic E-state index is 5.65. The molecule has 3 aromatic rings. The first-order valence-electron chi connectivity index (χ1n) is 9.33. The molecule has 5 nitrogen and oxygen atoms in total. The molecule has 1 fully saturated rings. The van der Waals surface area contributed by atoms with Gasteiger partial charge in [-0.1, -0.05) is 49.3 Å². The van der Waals surface area contributed by atoms with Crippen molar-refractivity contribution in [1.29, 1.82) is 0 Å². The number of imidazole rings is 1. The Kier molecular flexibility index (Phi) is 4.89. The molecule has 0 radical (unpaired) electrons. The summed E-state index contributed by atoms with van der Waals surface area (Å²) >= 11 is 0. The average Bonchev–Trinajstić information content (AvgIpc) is 3.36. The van der Waals surface area contributed by atoms with Crippen molar-refractivity contribution in [3.05, 3.63) is 59.9 Å². The number of hydrogen-bond acceptors (Lipinski definition) is 4. The second-order valence-corrected chi connectivity index (χ2v) is 7.42. The van der Waals surface area contributed by atoms with Crippen LogP contribution in [0, 0.1) is 5.92 Å². The molecule has 1 atom stereocenters. The van der Waals surface area contributed by atoms with E-state index in [0.29, 0.717) is 18.4 Å². The van der Waals surface area contributed by atoms with Gasteiger partial charge in [-0.3, -0.25) is 0 Å². The summed E-state index contributed by atoms with van der Waals surface area (Å²) in [7, 11) is 0. The Labute approximate surface area is 154 Å². The summed E-state index contributed by atoms with van der Waals surface area (Å²) in [5.74, 6) is 1.87. The molecule has 0 unspecified atom stereocenters. The van der Waals surface area contributed by atoms with Crippen LogP contribution in [0.4, 0.5) is 0 Å². The first kappa shape index (κ1) is 17.0. The van der Waals surface area contributed by atoms with Crippen molar-refractivity contribution in [3.63, 3.8) is 0 Å². The molecular formula is C21H25N3O2. The fourth-order valence-electron chi connectivity index (χ4n) is 3.62. The van der Waals surface area contributed by atoms with E-state index >= 15 is 0 Å². The zero-order valence-corrected chi connectivity index (χ0v) is 15.4. The highest BCUT2D eigenvalue weighted by Crippen LogP contribution is 2.33. The molecule has 5 heteroatoms. The van der Waals surface area contributed by atoms with Crippen molar-refractivity contribution in [2.75, 3.05) is 13.2 Å². The highest BCUT2D eigenvalue weighted by Gasteiger charge is 2.26. The molecule has 1 aliphatic rings. The van der Waals surface area contributed by atoms with Crippen molar-refractivity contribution in [3.8, 4) is 11.3 Å². The van der Waals surface area contributed by atoms with Crippen molar-refractivity contribution in [2.45, 2.75) is 39.2 Å². The highest BCUT2D eigenvalue weighted by molar-refractivity contribution is 5.62. The molecular weight excluding hydrogens is 326 g/mol. The van der Waals surface area contributed by atoms with Crippen LogP contribution in [-0.2, 0) is 17.7 Å². The quantitative estimate of drug-likeness (QED) is 0.665. The van der Waals surface area contributed by atoms with E-state index in [9.17, 15) is 0 Å². The lowest BCUT2D eigenvalue weighted by molar-refractivity contribution is 0.193. The first-order valence-corrected chi connectivity index (χ1v) is 9.33. The molecule has 4 rings (SSSR count). The lowest BCUT2D eigenvalue weighted by atomic mass is 9.99. The number of ether oxygens (including phenoxy) is 1. The monoisotopic (exact) mass is 351 g/mol. The molecule has 1 saturated heterocycles. The summed E-state index contributed by atoms with van der Waals surface area (Å²) in [5.41, 5.74) is 4.38. The summed E-state index contributed by atoms with van der Waals surface area (Å²) in [6.45, 7) is 6.60. The third kappa shape index (κ3) is 3.58. The molecule has 0 spiro atoms.